The van der Waals surface area contributed by atoms with E-state index in [9.17, 15) is 4.79 Å². The first-order valence-corrected chi connectivity index (χ1v) is 7.48. The Labute approximate surface area is 110 Å². The minimum absolute atomic E-state index is 0.0356. The van der Waals surface area contributed by atoms with Gasteiger partial charge in [0.25, 0.3) is 0 Å². The predicted molar refractivity (Wildman–Crippen MR) is 76.3 cm³/mol. The Bertz CT molecular complexity index is 214. The summed E-state index contributed by atoms with van der Waals surface area (Å²) < 4.78 is 0. The maximum Gasteiger partial charge on any atom is 0.237 e. The van der Waals surface area contributed by atoms with Gasteiger partial charge in [-0.05, 0) is 38.4 Å². The Hall–Kier alpha value is -0.260. The quantitative estimate of drug-likeness (QED) is 0.677. The van der Waals surface area contributed by atoms with Crippen LogP contribution in [0, 0.1) is 5.92 Å². The highest BCUT2D eigenvalue weighted by molar-refractivity contribution is 7.98. The topological polar surface area (TPSA) is 58.4 Å². The van der Waals surface area contributed by atoms with Crippen molar-refractivity contribution in [1.29, 1.82) is 0 Å². The van der Waals surface area contributed by atoms with Gasteiger partial charge in [-0.1, -0.05) is 13.8 Å². The monoisotopic (exact) mass is 261 g/mol. The largest absolute Gasteiger partial charge is 0.353 e. The zero-order valence-corrected chi connectivity index (χ0v) is 12.5. The van der Waals surface area contributed by atoms with Crippen LogP contribution < -0.4 is 11.1 Å². The number of likely N-dealkylation sites (N-methyl/N-ethyl adjacent to an activating group) is 1. The summed E-state index contributed by atoms with van der Waals surface area (Å²) in [5.41, 5.74) is 5.80. The van der Waals surface area contributed by atoms with Gasteiger partial charge in [-0.15, -0.1) is 0 Å². The van der Waals surface area contributed by atoms with E-state index in [0.717, 1.165) is 12.2 Å². The molecule has 0 rings (SSSR count). The van der Waals surface area contributed by atoms with Gasteiger partial charge in [-0.3, -0.25) is 4.79 Å². The Kier molecular flexibility index (Phi) is 8.64. The fraction of sp³-hybridized carbons (Fsp3) is 0.917. The SMILES string of the molecule is CSCC[C@@H](N)C(=O)NCC(C(C)C)N(C)C. The molecule has 0 aromatic heterocycles. The first kappa shape index (κ1) is 16.7. The predicted octanol–water partition coefficient (Wildman–Crippen LogP) is 0.769. The summed E-state index contributed by atoms with van der Waals surface area (Å²) in [6.07, 6.45) is 2.76. The van der Waals surface area contributed by atoms with E-state index < -0.39 is 0 Å². The van der Waals surface area contributed by atoms with Crippen molar-refractivity contribution in [3.63, 3.8) is 0 Å². The highest BCUT2D eigenvalue weighted by atomic mass is 32.2. The van der Waals surface area contributed by atoms with Crippen LogP contribution in [0.3, 0.4) is 0 Å². The van der Waals surface area contributed by atoms with E-state index >= 15 is 0 Å². The number of carbonyl (C=O) groups is 1. The Morgan fingerprint density at radius 3 is 2.41 bits per heavy atom. The Morgan fingerprint density at radius 1 is 1.41 bits per heavy atom. The molecule has 0 spiro atoms. The van der Waals surface area contributed by atoms with E-state index in [2.05, 4.69) is 24.1 Å². The lowest BCUT2D eigenvalue weighted by atomic mass is 10.0. The van der Waals surface area contributed by atoms with Gasteiger partial charge < -0.3 is 16.0 Å². The molecule has 0 aromatic carbocycles. The fourth-order valence-electron chi connectivity index (χ4n) is 1.73. The molecule has 102 valence electrons. The number of carbonyl (C=O) groups excluding carboxylic acids is 1. The van der Waals surface area contributed by atoms with Crippen LogP contribution in [-0.4, -0.2) is 55.5 Å². The van der Waals surface area contributed by atoms with Crippen molar-refractivity contribution in [2.45, 2.75) is 32.4 Å². The summed E-state index contributed by atoms with van der Waals surface area (Å²) in [5, 5.41) is 2.94. The number of amides is 1. The molecule has 17 heavy (non-hydrogen) atoms. The van der Waals surface area contributed by atoms with Gasteiger partial charge in [0.05, 0.1) is 6.04 Å². The second-order valence-corrected chi connectivity index (χ2v) is 5.89. The van der Waals surface area contributed by atoms with Crippen LogP contribution in [0.2, 0.25) is 0 Å². The van der Waals surface area contributed by atoms with E-state index in [0.29, 0.717) is 18.5 Å². The van der Waals surface area contributed by atoms with Gasteiger partial charge in [0.2, 0.25) is 5.91 Å². The number of hydrogen-bond donors (Lipinski definition) is 2. The van der Waals surface area contributed by atoms with Gasteiger partial charge in [0, 0.05) is 12.6 Å². The molecule has 0 radical (unpaired) electrons. The third-order valence-electron chi connectivity index (χ3n) is 2.89. The van der Waals surface area contributed by atoms with E-state index in [4.69, 9.17) is 5.73 Å². The first-order chi connectivity index (χ1) is 7.90. The molecule has 0 saturated heterocycles. The number of thioether (sulfide) groups is 1. The average molecular weight is 261 g/mol. The maximum absolute atomic E-state index is 11.7. The van der Waals surface area contributed by atoms with E-state index in [1.54, 1.807) is 11.8 Å². The second-order valence-electron chi connectivity index (χ2n) is 4.91. The third-order valence-corrected chi connectivity index (χ3v) is 3.53. The van der Waals surface area contributed by atoms with Crippen molar-refractivity contribution >= 4 is 17.7 Å². The van der Waals surface area contributed by atoms with Crippen LogP contribution in [-0.2, 0) is 4.79 Å². The number of hydrogen-bond acceptors (Lipinski definition) is 4. The fourth-order valence-corrected chi connectivity index (χ4v) is 2.22. The molecule has 0 bridgehead atoms. The van der Waals surface area contributed by atoms with Gasteiger partial charge in [0.15, 0.2) is 0 Å². The van der Waals surface area contributed by atoms with Crippen LogP contribution in [0.25, 0.3) is 0 Å². The van der Waals surface area contributed by atoms with Gasteiger partial charge in [-0.25, -0.2) is 0 Å². The molecule has 1 amide bonds. The van der Waals surface area contributed by atoms with Gasteiger partial charge >= 0.3 is 0 Å². The number of nitrogens with one attached hydrogen (secondary N) is 1. The van der Waals surface area contributed by atoms with Gasteiger partial charge in [0.1, 0.15) is 0 Å². The average Bonchev–Trinajstić information content (AvgIpc) is 2.24. The molecule has 3 N–H and O–H groups in total. The van der Waals surface area contributed by atoms with Crippen molar-refractivity contribution in [3.8, 4) is 0 Å². The smallest absolute Gasteiger partial charge is 0.237 e. The summed E-state index contributed by atoms with van der Waals surface area (Å²) in [6, 6.07) is -0.0240. The van der Waals surface area contributed by atoms with E-state index in [1.807, 2.05) is 20.4 Å². The van der Waals surface area contributed by atoms with Crippen LogP contribution in [0.15, 0.2) is 0 Å². The molecule has 2 atom stereocenters. The molecule has 5 heteroatoms. The zero-order chi connectivity index (χ0) is 13.4. The van der Waals surface area contributed by atoms with Crippen LogP contribution in [0.4, 0.5) is 0 Å². The molecule has 0 aliphatic rings. The van der Waals surface area contributed by atoms with E-state index in [-0.39, 0.29) is 11.9 Å². The summed E-state index contributed by atoms with van der Waals surface area (Å²) in [4.78, 5) is 13.9. The van der Waals surface area contributed by atoms with Gasteiger partial charge in [-0.2, -0.15) is 11.8 Å². The number of rotatable bonds is 8. The molecule has 0 fully saturated rings. The van der Waals surface area contributed by atoms with Crippen LogP contribution in [0.1, 0.15) is 20.3 Å². The molecule has 0 aromatic rings. The van der Waals surface area contributed by atoms with Crippen LogP contribution >= 0.6 is 11.8 Å². The standard InChI is InChI=1S/C12H27N3OS/c1-9(2)11(15(3)4)8-14-12(16)10(13)6-7-17-5/h9-11H,6-8,13H2,1-5H3,(H,14,16)/t10-,11?/m1/s1. The number of nitrogens with zero attached hydrogens (tertiary/aromatic N) is 1. The lowest BCUT2D eigenvalue weighted by molar-refractivity contribution is -0.122. The zero-order valence-electron chi connectivity index (χ0n) is 11.7. The molecular formula is C12H27N3OS. The van der Waals surface area contributed by atoms with Crippen molar-refractivity contribution in [2.75, 3.05) is 32.6 Å². The number of nitrogens with two attached hydrogens (primary N) is 1. The summed E-state index contributed by atoms with van der Waals surface area (Å²) in [7, 11) is 4.06. The lowest BCUT2D eigenvalue weighted by Crippen LogP contribution is -2.48. The molecule has 0 heterocycles. The minimum atomic E-state index is -0.377. The highest BCUT2D eigenvalue weighted by Crippen LogP contribution is 2.06. The minimum Gasteiger partial charge on any atom is -0.353 e. The third kappa shape index (κ3) is 6.91. The summed E-state index contributed by atoms with van der Waals surface area (Å²) >= 11 is 1.71. The van der Waals surface area contributed by atoms with Crippen molar-refractivity contribution in [3.05, 3.63) is 0 Å². The maximum atomic E-state index is 11.7. The summed E-state index contributed by atoms with van der Waals surface area (Å²) in [5.74, 6) is 1.40. The molecule has 0 aliphatic heterocycles. The van der Waals surface area contributed by atoms with Crippen LogP contribution in [0.5, 0.6) is 0 Å². The van der Waals surface area contributed by atoms with Crippen molar-refractivity contribution < 1.29 is 4.79 Å². The summed E-state index contributed by atoms with van der Waals surface area (Å²) in [6.45, 7) is 4.98. The second kappa shape index (κ2) is 8.78. The molecule has 1 unspecified atom stereocenters. The Morgan fingerprint density at radius 2 is 2.00 bits per heavy atom. The first-order valence-electron chi connectivity index (χ1n) is 6.08. The highest BCUT2D eigenvalue weighted by Gasteiger charge is 2.18. The lowest BCUT2D eigenvalue weighted by Gasteiger charge is -2.28. The molecule has 4 nitrogen and oxygen atoms in total. The Balaban J connectivity index is 4.03. The normalized spacial score (nSPS) is 15.1. The van der Waals surface area contributed by atoms with E-state index in [1.165, 1.54) is 0 Å². The van der Waals surface area contributed by atoms with Crippen molar-refractivity contribution in [1.82, 2.24) is 10.2 Å². The van der Waals surface area contributed by atoms with Crippen molar-refractivity contribution in [2.24, 2.45) is 11.7 Å². The molecular weight excluding hydrogens is 234 g/mol. The molecule has 0 saturated carbocycles. The molecule has 0 aliphatic carbocycles.